The van der Waals surface area contributed by atoms with Gasteiger partial charge in [-0.25, -0.2) is 9.59 Å². The standard InChI is InChI=1S/C31H42O5S2/c32-29(25-15-13-17-27(23-25)30(33)35-19-9-5-1-3-7-11-21-37)26-16-14-18-28(24-26)31(34)36-20-10-6-2-4-8-12-22-38/h13-18,23-24,37-38H,1-12,19-22H2. The van der Waals surface area contributed by atoms with E-state index in [0.29, 0.717) is 35.5 Å². The van der Waals surface area contributed by atoms with Crippen molar-refractivity contribution in [3.63, 3.8) is 0 Å². The first-order valence-electron chi connectivity index (χ1n) is 13.9. The molecule has 0 bridgehead atoms. The third kappa shape index (κ3) is 12.5. The first-order valence-corrected chi connectivity index (χ1v) is 15.1. The number of benzene rings is 2. The minimum Gasteiger partial charge on any atom is -0.462 e. The van der Waals surface area contributed by atoms with Gasteiger partial charge in [-0.3, -0.25) is 4.79 Å². The van der Waals surface area contributed by atoms with Gasteiger partial charge >= 0.3 is 11.9 Å². The van der Waals surface area contributed by atoms with Gasteiger partial charge < -0.3 is 9.47 Å². The van der Waals surface area contributed by atoms with E-state index in [1.165, 1.54) is 25.7 Å². The van der Waals surface area contributed by atoms with Crippen molar-refractivity contribution in [3.8, 4) is 0 Å². The van der Waals surface area contributed by atoms with Gasteiger partial charge in [0.1, 0.15) is 0 Å². The summed E-state index contributed by atoms with van der Waals surface area (Å²) in [5.41, 5.74) is 1.41. The Labute approximate surface area is 238 Å². The summed E-state index contributed by atoms with van der Waals surface area (Å²) in [7, 11) is 0. The van der Waals surface area contributed by atoms with E-state index in [9.17, 15) is 14.4 Å². The number of ketones is 1. The van der Waals surface area contributed by atoms with Crippen molar-refractivity contribution in [1.82, 2.24) is 0 Å². The Kier molecular flexibility index (Phi) is 16.6. The van der Waals surface area contributed by atoms with Crippen LogP contribution in [-0.2, 0) is 9.47 Å². The zero-order valence-corrected chi connectivity index (χ0v) is 24.2. The number of hydrogen-bond donors (Lipinski definition) is 2. The molecule has 7 heteroatoms. The Bertz CT molecular complexity index is 914. The van der Waals surface area contributed by atoms with Crippen LogP contribution in [0.5, 0.6) is 0 Å². The first kappa shape index (κ1) is 32.0. The number of ether oxygens (including phenoxy) is 2. The molecule has 0 amide bonds. The zero-order chi connectivity index (χ0) is 27.4. The van der Waals surface area contributed by atoms with E-state index in [-0.39, 0.29) is 5.78 Å². The van der Waals surface area contributed by atoms with Gasteiger partial charge in [-0.05, 0) is 61.5 Å². The van der Waals surface area contributed by atoms with Crippen LogP contribution in [0.25, 0.3) is 0 Å². The third-order valence-corrected chi connectivity index (χ3v) is 6.92. The highest BCUT2D eigenvalue weighted by Gasteiger charge is 2.16. The Morgan fingerprint density at radius 1 is 0.500 bits per heavy atom. The van der Waals surface area contributed by atoms with Crippen molar-refractivity contribution >= 4 is 43.0 Å². The molecule has 0 aliphatic rings. The Hall–Kier alpha value is -2.25. The minimum absolute atomic E-state index is 0.267. The molecule has 2 aromatic rings. The summed E-state index contributed by atoms with van der Waals surface area (Å²) >= 11 is 8.43. The molecule has 0 fully saturated rings. The molecule has 0 unspecified atom stereocenters. The van der Waals surface area contributed by atoms with Gasteiger partial charge in [-0.1, -0.05) is 75.6 Å². The van der Waals surface area contributed by atoms with E-state index in [1.807, 2.05) is 0 Å². The minimum atomic E-state index is -0.436. The van der Waals surface area contributed by atoms with Crippen molar-refractivity contribution in [1.29, 1.82) is 0 Å². The summed E-state index contributed by atoms with van der Waals surface area (Å²) in [5.74, 6) is 0.711. The normalized spacial score (nSPS) is 10.8. The van der Waals surface area contributed by atoms with Gasteiger partial charge in [0.15, 0.2) is 5.78 Å². The number of carbonyl (C=O) groups is 3. The van der Waals surface area contributed by atoms with Crippen LogP contribution in [-0.4, -0.2) is 42.4 Å². The molecular formula is C31H42O5S2. The topological polar surface area (TPSA) is 69.7 Å². The Morgan fingerprint density at radius 3 is 1.24 bits per heavy atom. The van der Waals surface area contributed by atoms with Crippen molar-refractivity contribution in [2.45, 2.75) is 77.0 Å². The lowest BCUT2D eigenvalue weighted by molar-refractivity contribution is 0.0488. The summed E-state index contributed by atoms with van der Waals surface area (Å²) in [4.78, 5) is 38.1. The van der Waals surface area contributed by atoms with Gasteiger partial charge in [0.2, 0.25) is 0 Å². The van der Waals surface area contributed by atoms with Gasteiger partial charge in [-0.15, -0.1) is 0 Å². The van der Waals surface area contributed by atoms with E-state index in [2.05, 4.69) is 25.3 Å². The lowest BCUT2D eigenvalue weighted by Crippen LogP contribution is -2.10. The number of hydrogen-bond acceptors (Lipinski definition) is 7. The molecule has 0 saturated heterocycles. The molecule has 208 valence electrons. The largest absolute Gasteiger partial charge is 0.462 e. The molecule has 0 aliphatic carbocycles. The van der Waals surface area contributed by atoms with Crippen LogP contribution in [0.2, 0.25) is 0 Å². The van der Waals surface area contributed by atoms with E-state index in [4.69, 9.17) is 9.47 Å². The lowest BCUT2D eigenvalue weighted by atomic mass is 10.00. The van der Waals surface area contributed by atoms with Crippen LogP contribution in [0.3, 0.4) is 0 Å². The highest BCUT2D eigenvalue weighted by Crippen LogP contribution is 2.16. The van der Waals surface area contributed by atoms with Crippen LogP contribution in [0.4, 0.5) is 0 Å². The number of unbranched alkanes of at least 4 members (excludes halogenated alkanes) is 10. The van der Waals surface area contributed by atoms with Crippen molar-refractivity contribution in [2.75, 3.05) is 24.7 Å². The van der Waals surface area contributed by atoms with Gasteiger partial charge in [0, 0.05) is 11.1 Å². The maximum Gasteiger partial charge on any atom is 0.338 e. The summed E-state index contributed by atoms with van der Waals surface area (Å²) in [6.07, 6.45) is 12.9. The molecule has 0 saturated carbocycles. The monoisotopic (exact) mass is 558 g/mol. The maximum atomic E-state index is 13.1. The molecule has 5 nitrogen and oxygen atoms in total. The number of rotatable bonds is 20. The maximum absolute atomic E-state index is 13.1. The molecule has 0 atom stereocenters. The van der Waals surface area contributed by atoms with E-state index in [0.717, 1.165) is 62.9 Å². The second-order valence-corrected chi connectivity index (χ2v) is 10.3. The molecular weight excluding hydrogens is 516 g/mol. The Balaban J connectivity index is 1.82. The van der Waals surface area contributed by atoms with Crippen LogP contribution >= 0.6 is 25.3 Å². The van der Waals surface area contributed by atoms with Gasteiger partial charge in [0.05, 0.1) is 24.3 Å². The fraction of sp³-hybridized carbons (Fsp3) is 0.516. The summed E-state index contributed by atoms with van der Waals surface area (Å²) < 4.78 is 10.8. The smallest absolute Gasteiger partial charge is 0.338 e. The molecule has 2 rings (SSSR count). The molecule has 0 N–H and O–H groups in total. The Morgan fingerprint density at radius 2 is 0.842 bits per heavy atom. The van der Waals surface area contributed by atoms with Crippen LogP contribution in [0.15, 0.2) is 48.5 Å². The van der Waals surface area contributed by atoms with Gasteiger partial charge in [-0.2, -0.15) is 25.3 Å². The van der Waals surface area contributed by atoms with Crippen molar-refractivity contribution < 1.29 is 23.9 Å². The highest BCUT2D eigenvalue weighted by molar-refractivity contribution is 7.80. The number of thiol groups is 2. The van der Waals surface area contributed by atoms with E-state index >= 15 is 0 Å². The predicted molar refractivity (Wildman–Crippen MR) is 160 cm³/mol. The molecule has 0 aromatic heterocycles. The molecule has 0 spiro atoms. The van der Waals surface area contributed by atoms with Crippen molar-refractivity contribution in [2.24, 2.45) is 0 Å². The molecule has 0 radical (unpaired) electrons. The first-order chi connectivity index (χ1) is 18.6. The summed E-state index contributed by atoms with van der Waals surface area (Å²) in [6.45, 7) is 0.730. The molecule has 0 aliphatic heterocycles. The van der Waals surface area contributed by atoms with E-state index < -0.39 is 11.9 Å². The fourth-order valence-electron chi connectivity index (χ4n) is 4.08. The summed E-state index contributed by atoms with van der Waals surface area (Å²) in [6, 6.07) is 13.0. The SMILES string of the molecule is O=C(OCCCCCCCCS)c1cccc(C(=O)c2cccc(C(=O)OCCCCCCCCS)c2)c1. The summed E-state index contributed by atoms with van der Waals surface area (Å²) in [5, 5.41) is 0. The average molecular weight is 559 g/mol. The fourth-order valence-corrected chi connectivity index (χ4v) is 4.53. The third-order valence-electron chi connectivity index (χ3n) is 6.29. The van der Waals surface area contributed by atoms with Crippen LogP contribution < -0.4 is 0 Å². The molecule has 38 heavy (non-hydrogen) atoms. The van der Waals surface area contributed by atoms with Crippen molar-refractivity contribution in [3.05, 3.63) is 70.8 Å². The number of carbonyl (C=O) groups excluding carboxylic acids is 3. The lowest BCUT2D eigenvalue weighted by Gasteiger charge is -2.08. The second-order valence-electron chi connectivity index (χ2n) is 9.45. The highest BCUT2D eigenvalue weighted by atomic mass is 32.1. The zero-order valence-electron chi connectivity index (χ0n) is 22.4. The average Bonchev–Trinajstić information content (AvgIpc) is 2.95. The predicted octanol–water partition coefficient (Wildman–Crippen LogP) is 7.77. The molecule has 2 aromatic carbocycles. The van der Waals surface area contributed by atoms with Crippen LogP contribution in [0, 0.1) is 0 Å². The second kappa shape index (κ2) is 19.8. The quantitative estimate of drug-likeness (QED) is 0.0752. The molecule has 0 heterocycles. The van der Waals surface area contributed by atoms with Crippen LogP contribution in [0.1, 0.15) is 114 Å². The van der Waals surface area contributed by atoms with E-state index in [1.54, 1.807) is 48.5 Å². The van der Waals surface area contributed by atoms with Gasteiger partial charge in [0.25, 0.3) is 0 Å². The number of esters is 2.